The zero-order valence-corrected chi connectivity index (χ0v) is 16.2. The lowest BCUT2D eigenvalue weighted by Crippen LogP contribution is -2.52. The van der Waals surface area contributed by atoms with E-state index in [-0.39, 0.29) is 11.8 Å². The number of ether oxygens (including phenoxy) is 1. The standard InChI is InChI=1S/C22H32N2O2/c1-15-9-21(26-14-19-10-16-3-5-17(19)6-4-16)8-7-18(15)11-24-12-20(13-24)22(25)23-2/h7-9,16-17,19-20H,3-6,10-14H2,1-2H3,(H,23,25). The van der Waals surface area contributed by atoms with Crippen molar-refractivity contribution in [2.75, 3.05) is 26.7 Å². The molecule has 26 heavy (non-hydrogen) atoms. The predicted octanol–water partition coefficient (Wildman–Crippen LogP) is 3.38. The molecule has 1 aromatic carbocycles. The van der Waals surface area contributed by atoms with Gasteiger partial charge in [0.05, 0.1) is 12.5 Å². The third-order valence-electron chi connectivity index (χ3n) is 6.94. The Balaban J connectivity index is 1.27. The number of aryl methyl sites for hydroxylation is 1. The minimum absolute atomic E-state index is 0.161. The van der Waals surface area contributed by atoms with Gasteiger partial charge in [0.15, 0.2) is 0 Å². The number of rotatable bonds is 6. The molecule has 1 N–H and O–H groups in total. The molecule has 1 aliphatic heterocycles. The zero-order chi connectivity index (χ0) is 18.1. The van der Waals surface area contributed by atoms with Crippen molar-refractivity contribution >= 4 is 5.91 Å². The van der Waals surface area contributed by atoms with Crippen molar-refractivity contribution in [2.45, 2.75) is 45.6 Å². The maximum absolute atomic E-state index is 11.6. The van der Waals surface area contributed by atoms with Crippen molar-refractivity contribution in [2.24, 2.45) is 23.7 Å². The van der Waals surface area contributed by atoms with Gasteiger partial charge >= 0.3 is 0 Å². The summed E-state index contributed by atoms with van der Waals surface area (Å²) in [6.07, 6.45) is 7.12. The number of benzene rings is 1. The summed E-state index contributed by atoms with van der Waals surface area (Å²) < 4.78 is 6.18. The van der Waals surface area contributed by atoms with Crippen LogP contribution in [0.4, 0.5) is 0 Å². The molecule has 1 saturated heterocycles. The van der Waals surface area contributed by atoms with Crippen molar-refractivity contribution in [3.63, 3.8) is 0 Å². The van der Waals surface area contributed by atoms with Gasteiger partial charge in [-0.3, -0.25) is 9.69 Å². The summed E-state index contributed by atoms with van der Waals surface area (Å²) >= 11 is 0. The number of amides is 1. The molecule has 1 amide bonds. The molecule has 0 spiro atoms. The first kappa shape index (κ1) is 17.8. The first-order valence-electron chi connectivity index (χ1n) is 10.3. The molecule has 4 nitrogen and oxygen atoms in total. The molecule has 4 fully saturated rings. The molecule has 1 heterocycles. The number of carbonyl (C=O) groups excluding carboxylic acids is 1. The van der Waals surface area contributed by atoms with E-state index < -0.39 is 0 Å². The number of likely N-dealkylation sites (tertiary alicyclic amines) is 1. The number of hydrogen-bond donors (Lipinski definition) is 1. The van der Waals surface area contributed by atoms with E-state index in [0.29, 0.717) is 0 Å². The average Bonchev–Trinajstić information content (AvgIpc) is 2.64. The highest BCUT2D eigenvalue weighted by Crippen LogP contribution is 2.45. The monoisotopic (exact) mass is 356 g/mol. The van der Waals surface area contributed by atoms with Crippen LogP contribution >= 0.6 is 0 Å². The minimum atomic E-state index is 0.161. The van der Waals surface area contributed by atoms with Crippen LogP contribution in [-0.2, 0) is 11.3 Å². The Hall–Kier alpha value is -1.55. The molecule has 0 radical (unpaired) electrons. The van der Waals surface area contributed by atoms with Crippen LogP contribution in [0.25, 0.3) is 0 Å². The number of nitrogens with zero attached hydrogens (tertiary/aromatic N) is 1. The highest BCUT2D eigenvalue weighted by atomic mass is 16.5. The second kappa shape index (κ2) is 7.59. The molecular formula is C22H32N2O2. The molecule has 1 atom stereocenters. The van der Waals surface area contributed by atoms with Crippen molar-refractivity contribution in [1.29, 1.82) is 0 Å². The van der Waals surface area contributed by atoms with Gasteiger partial charge in [-0.05, 0) is 67.2 Å². The normalized spacial score (nSPS) is 28.6. The van der Waals surface area contributed by atoms with Crippen LogP contribution in [0.2, 0.25) is 0 Å². The van der Waals surface area contributed by atoms with E-state index in [0.717, 1.165) is 49.7 Å². The van der Waals surface area contributed by atoms with E-state index in [1.807, 2.05) is 0 Å². The third kappa shape index (κ3) is 3.75. The highest BCUT2D eigenvalue weighted by Gasteiger charge is 2.36. The summed E-state index contributed by atoms with van der Waals surface area (Å²) in [5.41, 5.74) is 2.63. The van der Waals surface area contributed by atoms with E-state index in [2.05, 4.69) is 35.3 Å². The van der Waals surface area contributed by atoms with Crippen LogP contribution in [0.3, 0.4) is 0 Å². The smallest absolute Gasteiger partial charge is 0.225 e. The van der Waals surface area contributed by atoms with Gasteiger partial charge in [-0.25, -0.2) is 0 Å². The quantitative estimate of drug-likeness (QED) is 0.850. The second-order valence-electron chi connectivity index (χ2n) is 8.68. The number of hydrogen-bond acceptors (Lipinski definition) is 3. The molecule has 0 aromatic heterocycles. The van der Waals surface area contributed by atoms with Crippen molar-refractivity contribution in [1.82, 2.24) is 10.2 Å². The lowest BCUT2D eigenvalue weighted by atomic mass is 9.65. The summed E-state index contributed by atoms with van der Waals surface area (Å²) in [5, 5.41) is 2.74. The van der Waals surface area contributed by atoms with Crippen LogP contribution in [-0.4, -0.2) is 37.6 Å². The lowest BCUT2D eigenvalue weighted by Gasteiger charge is -2.42. The Bertz CT molecular complexity index is 646. The van der Waals surface area contributed by atoms with Crippen molar-refractivity contribution in [3.05, 3.63) is 29.3 Å². The first-order chi connectivity index (χ1) is 12.6. The van der Waals surface area contributed by atoms with Gasteiger partial charge in [-0.2, -0.15) is 0 Å². The fourth-order valence-electron chi connectivity index (χ4n) is 5.17. The Kier molecular flexibility index (Phi) is 5.21. The number of fused-ring (bicyclic) bond motifs is 3. The van der Waals surface area contributed by atoms with Gasteiger partial charge in [-0.15, -0.1) is 0 Å². The summed E-state index contributed by atoms with van der Waals surface area (Å²) in [6, 6.07) is 6.51. The Morgan fingerprint density at radius 1 is 1.23 bits per heavy atom. The Morgan fingerprint density at radius 2 is 2.00 bits per heavy atom. The predicted molar refractivity (Wildman–Crippen MR) is 103 cm³/mol. The van der Waals surface area contributed by atoms with Gasteiger partial charge in [0, 0.05) is 26.7 Å². The van der Waals surface area contributed by atoms with E-state index in [9.17, 15) is 4.79 Å². The molecule has 1 unspecified atom stereocenters. The highest BCUT2D eigenvalue weighted by molar-refractivity contribution is 5.79. The van der Waals surface area contributed by atoms with E-state index in [1.54, 1.807) is 7.05 Å². The lowest BCUT2D eigenvalue weighted by molar-refractivity contribution is -0.129. The van der Waals surface area contributed by atoms with Gasteiger partial charge in [0.1, 0.15) is 5.75 Å². The van der Waals surface area contributed by atoms with Crippen molar-refractivity contribution < 1.29 is 9.53 Å². The molecule has 4 aliphatic rings. The number of nitrogens with one attached hydrogen (secondary N) is 1. The summed E-state index contributed by atoms with van der Waals surface area (Å²) in [5.74, 6) is 3.98. The summed E-state index contributed by atoms with van der Waals surface area (Å²) in [7, 11) is 1.71. The van der Waals surface area contributed by atoms with Crippen LogP contribution in [0.15, 0.2) is 18.2 Å². The van der Waals surface area contributed by atoms with Crippen molar-refractivity contribution in [3.8, 4) is 5.75 Å². The van der Waals surface area contributed by atoms with Gasteiger partial charge in [0.25, 0.3) is 0 Å². The fourth-order valence-corrected chi connectivity index (χ4v) is 5.17. The topological polar surface area (TPSA) is 41.6 Å². The zero-order valence-electron chi connectivity index (χ0n) is 16.2. The summed E-state index contributed by atoms with van der Waals surface area (Å²) in [6.45, 7) is 5.70. The summed E-state index contributed by atoms with van der Waals surface area (Å²) in [4.78, 5) is 13.9. The number of carbonyl (C=O) groups is 1. The molecule has 3 saturated carbocycles. The molecule has 1 aromatic rings. The fraction of sp³-hybridized carbons (Fsp3) is 0.682. The molecule has 2 bridgehead atoms. The van der Waals surface area contributed by atoms with E-state index in [1.165, 1.54) is 43.2 Å². The maximum atomic E-state index is 11.6. The largest absolute Gasteiger partial charge is 0.493 e. The van der Waals surface area contributed by atoms with E-state index >= 15 is 0 Å². The maximum Gasteiger partial charge on any atom is 0.225 e. The average molecular weight is 357 g/mol. The molecule has 3 aliphatic carbocycles. The van der Waals surface area contributed by atoms with Crippen LogP contribution in [0.1, 0.15) is 43.2 Å². The van der Waals surface area contributed by atoms with Gasteiger partial charge in [0.2, 0.25) is 5.91 Å². The Morgan fingerprint density at radius 3 is 2.62 bits per heavy atom. The second-order valence-corrected chi connectivity index (χ2v) is 8.68. The SMILES string of the molecule is CNC(=O)C1CN(Cc2ccc(OCC3CC4CCC3CC4)cc2C)C1. The first-order valence-corrected chi connectivity index (χ1v) is 10.3. The third-order valence-corrected chi connectivity index (χ3v) is 6.94. The molecule has 5 rings (SSSR count). The minimum Gasteiger partial charge on any atom is -0.493 e. The molecular weight excluding hydrogens is 324 g/mol. The van der Waals surface area contributed by atoms with Gasteiger partial charge < -0.3 is 10.1 Å². The van der Waals surface area contributed by atoms with Crippen LogP contribution in [0, 0.1) is 30.6 Å². The molecule has 142 valence electrons. The van der Waals surface area contributed by atoms with Gasteiger partial charge in [-0.1, -0.05) is 18.9 Å². The van der Waals surface area contributed by atoms with E-state index in [4.69, 9.17) is 4.74 Å². The molecule has 4 heteroatoms. The Labute approximate surface area is 157 Å². The van der Waals surface area contributed by atoms with Crippen LogP contribution in [0.5, 0.6) is 5.75 Å². The van der Waals surface area contributed by atoms with Crippen LogP contribution < -0.4 is 10.1 Å².